The summed E-state index contributed by atoms with van der Waals surface area (Å²) in [6, 6.07) is 3.43. The molecule has 0 amide bonds. The molecule has 0 fully saturated rings. The molecule has 1 aromatic carbocycles. The highest BCUT2D eigenvalue weighted by Gasteiger charge is 2.22. The van der Waals surface area contributed by atoms with Gasteiger partial charge in [0.15, 0.2) is 5.82 Å². The third kappa shape index (κ3) is 3.53. The number of nitrogens with zero attached hydrogens (tertiary/aromatic N) is 6. The molecule has 0 spiro atoms. The third-order valence-corrected chi connectivity index (χ3v) is 4.78. The summed E-state index contributed by atoms with van der Waals surface area (Å²) >= 11 is 6.12. The maximum atomic E-state index is 13.9. The molecule has 3 aromatic heterocycles. The van der Waals surface area contributed by atoms with E-state index in [9.17, 15) is 13.6 Å². The maximum absolute atomic E-state index is 13.9. The van der Waals surface area contributed by atoms with E-state index in [-0.39, 0.29) is 39.4 Å². The van der Waals surface area contributed by atoms with Crippen molar-refractivity contribution in [1.82, 2.24) is 24.1 Å². The van der Waals surface area contributed by atoms with Crippen molar-refractivity contribution < 1.29 is 8.78 Å². The molecule has 0 bridgehead atoms. The summed E-state index contributed by atoms with van der Waals surface area (Å²) in [6.45, 7) is 8.93. The van der Waals surface area contributed by atoms with E-state index in [0.717, 1.165) is 16.7 Å². The Bertz CT molecular complexity index is 1400. The van der Waals surface area contributed by atoms with Crippen molar-refractivity contribution in [3.8, 4) is 5.69 Å². The van der Waals surface area contributed by atoms with Gasteiger partial charge in [0.1, 0.15) is 35.1 Å². The second-order valence-electron chi connectivity index (χ2n) is 6.52. The molecule has 0 aliphatic carbocycles. The van der Waals surface area contributed by atoms with Crippen LogP contribution in [0.5, 0.6) is 0 Å². The van der Waals surface area contributed by atoms with Crippen LogP contribution in [0.15, 0.2) is 41.6 Å². The predicted octanol–water partition coefficient (Wildman–Crippen LogP) is 3.51. The Labute approximate surface area is 178 Å². The lowest BCUT2D eigenvalue weighted by atomic mass is 10.2. The topological polar surface area (TPSA) is 107 Å². The van der Waals surface area contributed by atoms with E-state index in [1.165, 1.54) is 23.1 Å². The Morgan fingerprint density at radius 1 is 1.26 bits per heavy atom. The molecule has 0 saturated carbocycles. The first kappa shape index (κ1) is 20.2. The zero-order valence-electron chi connectivity index (χ0n) is 15.8. The molecule has 3 N–H and O–H groups in total. The second-order valence-corrected chi connectivity index (χ2v) is 6.92. The third-order valence-electron chi connectivity index (χ3n) is 4.47. The summed E-state index contributed by atoms with van der Waals surface area (Å²) < 4.78 is 30.2. The molecule has 4 aromatic rings. The zero-order chi connectivity index (χ0) is 22.3. The summed E-state index contributed by atoms with van der Waals surface area (Å²) in [5.74, 6) is -1.55. The van der Waals surface area contributed by atoms with Crippen LogP contribution in [-0.2, 0) is 0 Å². The van der Waals surface area contributed by atoms with E-state index in [1.54, 1.807) is 6.92 Å². The van der Waals surface area contributed by atoms with Gasteiger partial charge in [-0.15, -0.1) is 0 Å². The lowest BCUT2D eigenvalue weighted by Crippen LogP contribution is -2.29. The quantitative estimate of drug-likeness (QED) is 0.468. The number of nitrogens with one attached hydrogen (secondary N) is 1. The number of fused-ring (bicyclic) bond motifs is 1. The van der Waals surface area contributed by atoms with Crippen molar-refractivity contribution in [1.29, 1.82) is 0 Å². The highest BCUT2D eigenvalue weighted by atomic mass is 35.5. The fraction of sp³-hybridized carbons (Fsp3) is 0.105. The number of nitrogens with two attached hydrogens (primary N) is 1. The second kappa shape index (κ2) is 7.66. The minimum Gasteiger partial charge on any atom is -0.392 e. The molecule has 1 unspecified atom stereocenters. The van der Waals surface area contributed by atoms with Gasteiger partial charge in [-0.1, -0.05) is 11.6 Å². The van der Waals surface area contributed by atoms with Crippen LogP contribution in [0.4, 0.5) is 26.1 Å². The van der Waals surface area contributed by atoms with Gasteiger partial charge in [0.25, 0.3) is 11.2 Å². The molecule has 0 aliphatic heterocycles. The van der Waals surface area contributed by atoms with Crippen LogP contribution in [0.3, 0.4) is 0 Å². The molecule has 31 heavy (non-hydrogen) atoms. The van der Waals surface area contributed by atoms with E-state index in [0.29, 0.717) is 6.07 Å². The number of benzene rings is 1. The largest absolute Gasteiger partial charge is 0.392 e. The van der Waals surface area contributed by atoms with Gasteiger partial charge in [0.2, 0.25) is 0 Å². The van der Waals surface area contributed by atoms with Crippen molar-refractivity contribution in [2.75, 3.05) is 11.1 Å². The fourth-order valence-electron chi connectivity index (χ4n) is 3.12. The average Bonchev–Trinajstić information content (AvgIpc) is 3.08. The average molecular weight is 443 g/mol. The van der Waals surface area contributed by atoms with Gasteiger partial charge in [-0.3, -0.25) is 9.36 Å². The summed E-state index contributed by atoms with van der Waals surface area (Å²) in [5, 5.41) is 7.49. The van der Waals surface area contributed by atoms with E-state index < -0.39 is 23.2 Å². The monoisotopic (exact) mass is 442 g/mol. The Hall–Kier alpha value is -4.04. The molecule has 0 aliphatic rings. The Kier molecular flexibility index (Phi) is 5.00. The number of anilines is 2. The number of aromatic nitrogens is 5. The fourth-order valence-corrected chi connectivity index (χ4v) is 3.35. The van der Waals surface area contributed by atoms with Crippen LogP contribution in [0.1, 0.15) is 18.8 Å². The molecule has 3 heterocycles. The van der Waals surface area contributed by atoms with Gasteiger partial charge >= 0.3 is 0 Å². The van der Waals surface area contributed by atoms with Gasteiger partial charge in [0.05, 0.1) is 23.3 Å². The molecule has 156 valence electrons. The maximum Gasteiger partial charge on any atom is 0.284 e. The first-order valence-corrected chi connectivity index (χ1v) is 9.18. The Morgan fingerprint density at radius 2 is 1.97 bits per heavy atom. The lowest BCUT2D eigenvalue weighted by Gasteiger charge is -2.20. The minimum absolute atomic E-state index is 0.00914. The number of halogens is 3. The SMILES string of the molecule is [C-]#[N+]c1c(N)ncnc1NC(C)c1nn2ccc(Cl)c2c(=O)n1-c1cc(F)cc(F)c1. The first-order valence-electron chi connectivity index (χ1n) is 8.81. The van der Waals surface area contributed by atoms with Crippen molar-refractivity contribution >= 4 is 34.4 Å². The summed E-state index contributed by atoms with van der Waals surface area (Å²) in [6.07, 6.45) is 2.66. The first-order chi connectivity index (χ1) is 14.8. The summed E-state index contributed by atoms with van der Waals surface area (Å²) in [5.41, 5.74) is 5.04. The van der Waals surface area contributed by atoms with Crippen molar-refractivity contribution in [3.05, 3.63) is 81.0 Å². The zero-order valence-corrected chi connectivity index (χ0v) is 16.6. The van der Waals surface area contributed by atoms with Gasteiger partial charge in [-0.25, -0.2) is 28.1 Å². The smallest absolute Gasteiger partial charge is 0.284 e. The highest BCUT2D eigenvalue weighted by Crippen LogP contribution is 2.30. The van der Waals surface area contributed by atoms with E-state index >= 15 is 0 Å². The van der Waals surface area contributed by atoms with E-state index in [4.69, 9.17) is 23.9 Å². The van der Waals surface area contributed by atoms with Crippen molar-refractivity contribution in [3.63, 3.8) is 0 Å². The van der Waals surface area contributed by atoms with Crippen LogP contribution in [0.25, 0.3) is 16.0 Å². The highest BCUT2D eigenvalue weighted by molar-refractivity contribution is 6.33. The van der Waals surface area contributed by atoms with Crippen LogP contribution >= 0.6 is 11.6 Å². The minimum atomic E-state index is -0.867. The predicted molar refractivity (Wildman–Crippen MR) is 110 cm³/mol. The summed E-state index contributed by atoms with van der Waals surface area (Å²) in [7, 11) is 0. The van der Waals surface area contributed by atoms with Gasteiger partial charge < -0.3 is 11.1 Å². The van der Waals surface area contributed by atoms with Crippen LogP contribution < -0.4 is 16.6 Å². The van der Waals surface area contributed by atoms with Gasteiger partial charge in [-0.05, 0) is 25.1 Å². The van der Waals surface area contributed by atoms with Crippen LogP contribution in [0.2, 0.25) is 5.02 Å². The van der Waals surface area contributed by atoms with E-state index in [1.807, 2.05) is 0 Å². The molecule has 0 saturated heterocycles. The van der Waals surface area contributed by atoms with Crippen molar-refractivity contribution in [2.45, 2.75) is 13.0 Å². The molecular weight excluding hydrogens is 430 g/mol. The summed E-state index contributed by atoms with van der Waals surface area (Å²) in [4.78, 5) is 24.3. The number of nitrogen functional groups attached to an aromatic ring is 1. The molecule has 0 radical (unpaired) electrons. The van der Waals surface area contributed by atoms with Crippen molar-refractivity contribution in [2.24, 2.45) is 0 Å². The Morgan fingerprint density at radius 3 is 2.65 bits per heavy atom. The van der Waals surface area contributed by atoms with E-state index in [2.05, 4.69) is 25.2 Å². The lowest BCUT2D eigenvalue weighted by molar-refractivity contribution is 0.578. The molecular formula is C19H13ClF2N8O. The van der Waals surface area contributed by atoms with Gasteiger partial charge in [0, 0.05) is 12.3 Å². The molecule has 9 nitrogen and oxygen atoms in total. The number of rotatable bonds is 4. The Balaban J connectivity index is 1.94. The van der Waals surface area contributed by atoms with Crippen LogP contribution in [0, 0.1) is 18.2 Å². The number of hydrogen-bond acceptors (Lipinski definition) is 6. The van der Waals surface area contributed by atoms with Crippen LogP contribution in [-0.4, -0.2) is 24.1 Å². The van der Waals surface area contributed by atoms with Gasteiger partial charge in [-0.2, -0.15) is 5.10 Å². The standard InChI is InChI=1S/C19H13ClF2N8O/c1-9(27-17-14(24-2)16(23)25-8-26-17)18-28-29-4-3-13(20)15(29)19(31)30(18)12-6-10(21)5-11(22)7-12/h3-9H,1H3,(H3,23,25,26,27). The molecule has 4 rings (SSSR count). The molecule has 12 heteroatoms. The number of hydrogen-bond donors (Lipinski definition) is 2. The molecule has 1 atom stereocenters. The normalized spacial score (nSPS) is 12.0.